The van der Waals surface area contributed by atoms with E-state index in [4.69, 9.17) is 0 Å². The minimum absolute atomic E-state index is 0.572. The molecule has 0 bridgehead atoms. The molecular weight excluding hydrogens is 359 g/mol. The molecule has 132 valence electrons. The maximum Gasteiger partial charge on any atom is 0.460 e. The number of halogens is 13. The van der Waals surface area contributed by atoms with Gasteiger partial charge in [0.2, 0.25) is 5.83 Å². The van der Waals surface area contributed by atoms with Crippen LogP contribution in [0.3, 0.4) is 0 Å². The molecule has 0 aliphatic rings. The molecule has 0 aromatic rings. The lowest BCUT2D eigenvalue weighted by atomic mass is 9.95. The first-order valence-corrected chi connectivity index (χ1v) is 4.57. The molecule has 14 heteroatoms. The minimum Gasteiger partial charge on any atom is -0.339 e. The molecule has 1 atom stereocenters. The fraction of sp³-hybridized carbons (Fsp3) is 0.750. The third kappa shape index (κ3) is 2.60. The smallest absolute Gasteiger partial charge is 0.339 e. The molecule has 0 aliphatic heterocycles. The lowest BCUT2D eigenvalue weighted by Crippen LogP contribution is -2.69. The summed E-state index contributed by atoms with van der Waals surface area (Å²) in [6.45, 7) is 0. The monoisotopic (exact) mass is 362 g/mol. The SMILES string of the molecule is COC(F)(C(F)(F)C(F)=C(F)F)C(F)(F)C(F)(F)C(F)(F)F. The van der Waals surface area contributed by atoms with Crippen LogP contribution >= 0.6 is 0 Å². The van der Waals surface area contributed by atoms with Crippen molar-refractivity contribution < 1.29 is 61.8 Å². The van der Waals surface area contributed by atoms with Gasteiger partial charge >= 0.3 is 35.9 Å². The third-order valence-corrected chi connectivity index (χ3v) is 2.28. The van der Waals surface area contributed by atoms with E-state index in [0.717, 1.165) is 0 Å². The third-order valence-electron chi connectivity index (χ3n) is 2.28. The largest absolute Gasteiger partial charge is 0.460 e. The van der Waals surface area contributed by atoms with Gasteiger partial charge in [-0.2, -0.15) is 57.1 Å². The van der Waals surface area contributed by atoms with Crippen LogP contribution in [0.1, 0.15) is 0 Å². The molecule has 0 amide bonds. The zero-order chi connectivity index (χ0) is 18.4. The summed E-state index contributed by atoms with van der Waals surface area (Å²) in [5.74, 6) is -32.9. The van der Waals surface area contributed by atoms with Crippen LogP contribution in [0.15, 0.2) is 11.9 Å². The Bertz CT molecular complexity index is 445. The van der Waals surface area contributed by atoms with E-state index >= 15 is 0 Å². The van der Waals surface area contributed by atoms with Crippen LogP contribution in [0.5, 0.6) is 0 Å². The van der Waals surface area contributed by atoms with E-state index in [9.17, 15) is 57.1 Å². The summed E-state index contributed by atoms with van der Waals surface area (Å²) < 4.78 is 164. The van der Waals surface area contributed by atoms with Crippen LogP contribution in [-0.4, -0.2) is 36.9 Å². The average Bonchev–Trinajstić information content (AvgIpc) is 2.34. The molecule has 0 saturated heterocycles. The molecule has 0 radical (unpaired) electrons. The molecule has 0 heterocycles. The molecule has 22 heavy (non-hydrogen) atoms. The van der Waals surface area contributed by atoms with Gasteiger partial charge in [-0.25, -0.2) is 0 Å². The van der Waals surface area contributed by atoms with Gasteiger partial charge in [0, 0.05) is 7.11 Å². The van der Waals surface area contributed by atoms with Crippen molar-refractivity contribution in [2.45, 2.75) is 29.8 Å². The quantitative estimate of drug-likeness (QED) is 0.636. The Labute approximate surface area is 112 Å². The Morgan fingerprint density at radius 1 is 0.682 bits per heavy atom. The van der Waals surface area contributed by atoms with Crippen molar-refractivity contribution in [1.29, 1.82) is 0 Å². The minimum atomic E-state index is -7.50. The highest BCUT2D eigenvalue weighted by molar-refractivity contribution is 5.18. The molecule has 0 aromatic carbocycles. The first-order valence-electron chi connectivity index (χ1n) is 4.57. The maximum absolute atomic E-state index is 13.4. The van der Waals surface area contributed by atoms with E-state index in [1.807, 2.05) is 0 Å². The molecule has 0 N–H and O–H groups in total. The summed E-state index contributed by atoms with van der Waals surface area (Å²) in [6.07, 6.45) is -11.4. The number of hydrogen-bond donors (Lipinski definition) is 0. The van der Waals surface area contributed by atoms with Gasteiger partial charge in [-0.1, -0.05) is 0 Å². The maximum atomic E-state index is 13.4. The van der Waals surface area contributed by atoms with Crippen molar-refractivity contribution in [1.82, 2.24) is 0 Å². The van der Waals surface area contributed by atoms with E-state index in [0.29, 0.717) is 0 Å². The fourth-order valence-electron chi connectivity index (χ4n) is 1.09. The Morgan fingerprint density at radius 3 is 1.27 bits per heavy atom. The highest BCUT2D eigenvalue weighted by atomic mass is 19.4. The molecule has 1 unspecified atom stereocenters. The van der Waals surface area contributed by atoms with E-state index in [-0.39, 0.29) is 0 Å². The number of ether oxygens (including phenoxy) is 1. The number of hydrogen-bond acceptors (Lipinski definition) is 1. The first-order chi connectivity index (χ1) is 9.41. The second-order valence-electron chi connectivity index (χ2n) is 3.59. The van der Waals surface area contributed by atoms with Crippen molar-refractivity contribution in [2.75, 3.05) is 7.11 Å². The summed E-state index contributed by atoms with van der Waals surface area (Å²) in [5, 5.41) is 0. The van der Waals surface area contributed by atoms with Crippen molar-refractivity contribution in [3.05, 3.63) is 11.9 Å². The van der Waals surface area contributed by atoms with E-state index < -0.39 is 48.8 Å². The average molecular weight is 362 g/mol. The van der Waals surface area contributed by atoms with Crippen LogP contribution in [0.25, 0.3) is 0 Å². The van der Waals surface area contributed by atoms with Crippen LogP contribution in [-0.2, 0) is 4.74 Å². The highest BCUT2D eigenvalue weighted by Gasteiger charge is 2.87. The Balaban J connectivity index is 6.43. The molecule has 0 rings (SSSR count). The van der Waals surface area contributed by atoms with Gasteiger partial charge in [-0.3, -0.25) is 0 Å². The van der Waals surface area contributed by atoms with Crippen molar-refractivity contribution in [3.63, 3.8) is 0 Å². The molecule has 0 aliphatic carbocycles. The van der Waals surface area contributed by atoms with Gasteiger partial charge in [-0.05, 0) is 0 Å². The normalized spacial score (nSPS) is 17.2. The van der Waals surface area contributed by atoms with Gasteiger partial charge < -0.3 is 4.74 Å². The number of alkyl halides is 10. The molecule has 1 nitrogen and oxygen atoms in total. The van der Waals surface area contributed by atoms with Gasteiger partial charge in [0.25, 0.3) is 0 Å². The Morgan fingerprint density at radius 2 is 1.05 bits per heavy atom. The van der Waals surface area contributed by atoms with Crippen LogP contribution < -0.4 is 0 Å². The Kier molecular flexibility index (Phi) is 5.15. The zero-order valence-electron chi connectivity index (χ0n) is 9.82. The molecule has 0 aromatic heterocycles. The van der Waals surface area contributed by atoms with E-state index in [1.54, 1.807) is 0 Å². The second kappa shape index (κ2) is 5.45. The number of methoxy groups -OCH3 is 1. The second-order valence-corrected chi connectivity index (χ2v) is 3.59. The fourth-order valence-corrected chi connectivity index (χ4v) is 1.09. The predicted molar refractivity (Wildman–Crippen MR) is 42.1 cm³/mol. The van der Waals surface area contributed by atoms with Crippen molar-refractivity contribution in [3.8, 4) is 0 Å². The molecular formula is C8H3F13O. The van der Waals surface area contributed by atoms with Gasteiger partial charge in [-0.15, -0.1) is 0 Å². The predicted octanol–water partition coefficient (Wildman–Crippen LogP) is 4.84. The summed E-state index contributed by atoms with van der Waals surface area (Å²) in [7, 11) is -0.572. The van der Waals surface area contributed by atoms with E-state index in [2.05, 4.69) is 4.74 Å². The van der Waals surface area contributed by atoms with Gasteiger partial charge in [0.15, 0.2) is 0 Å². The van der Waals surface area contributed by atoms with Crippen LogP contribution in [0.2, 0.25) is 0 Å². The summed E-state index contributed by atoms with van der Waals surface area (Å²) in [6, 6.07) is 0. The van der Waals surface area contributed by atoms with Crippen molar-refractivity contribution in [2.24, 2.45) is 0 Å². The molecule has 0 saturated carbocycles. The number of rotatable bonds is 5. The summed E-state index contributed by atoms with van der Waals surface area (Å²) in [5.41, 5.74) is 0. The molecule has 0 fully saturated rings. The first kappa shape index (κ1) is 20.8. The summed E-state index contributed by atoms with van der Waals surface area (Å²) in [4.78, 5) is 0. The zero-order valence-corrected chi connectivity index (χ0v) is 9.82. The Hall–Kier alpha value is -1.21. The highest BCUT2D eigenvalue weighted by Crippen LogP contribution is 2.58. The van der Waals surface area contributed by atoms with Crippen LogP contribution in [0.4, 0.5) is 57.1 Å². The van der Waals surface area contributed by atoms with E-state index in [1.165, 1.54) is 0 Å². The summed E-state index contributed by atoms with van der Waals surface area (Å²) >= 11 is 0. The lowest BCUT2D eigenvalue weighted by Gasteiger charge is -2.40. The molecule has 0 spiro atoms. The van der Waals surface area contributed by atoms with Crippen molar-refractivity contribution >= 4 is 0 Å². The standard InChI is InChI=1S/C8H3F13O/c1-22-7(18,4(12,13)2(9)3(10)11)5(14,15)6(16,17)8(19,20)21/h1H3. The topological polar surface area (TPSA) is 9.23 Å². The van der Waals surface area contributed by atoms with Gasteiger partial charge in [0.1, 0.15) is 0 Å². The lowest BCUT2D eigenvalue weighted by molar-refractivity contribution is -0.439. The van der Waals surface area contributed by atoms with Crippen LogP contribution in [0, 0.1) is 0 Å². The van der Waals surface area contributed by atoms with Gasteiger partial charge in [0.05, 0.1) is 0 Å².